The van der Waals surface area contributed by atoms with Gasteiger partial charge in [0.2, 0.25) is 0 Å². The van der Waals surface area contributed by atoms with Gasteiger partial charge in [-0.15, -0.1) is 11.8 Å². The van der Waals surface area contributed by atoms with Crippen LogP contribution in [0.3, 0.4) is 0 Å². The van der Waals surface area contributed by atoms with E-state index in [0.29, 0.717) is 11.2 Å². The number of allylic oxidation sites excluding steroid dienone is 6. The van der Waals surface area contributed by atoms with Gasteiger partial charge in [-0.1, -0.05) is 120 Å². The average molecular weight is 621 g/mol. The van der Waals surface area contributed by atoms with Crippen molar-refractivity contribution in [1.82, 2.24) is 9.55 Å². The fourth-order valence-electron chi connectivity index (χ4n) is 5.71. The third-order valence-corrected chi connectivity index (χ3v) is 9.48. The Labute approximate surface area is 240 Å². The number of nitrogens with zero attached hydrogens (tertiary/aromatic N) is 2. The first-order valence-electron chi connectivity index (χ1n) is 12.9. The van der Waals surface area contributed by atoms with Crippen molar-refractivity contribution in [3.8, 4) is 17.1 Å². The molecule has 0 fully saturated rings. The minimum atomic E-state index is 0.415. The number of thioether (sulfide) groups is 1. The van der Waals surface area contributed by atoms with Crippen LogP contribution in [0.5, 0.6) is 0 Å². The SMILES string of the molecule is C/C=C\C(=C/I)c1cc(-c2ccccc2)nc(-n2c3ccccc3c3ccc4c(c32)SC2C=CC=CC42)c1. The van der Waals surface area contributed by atoms with E-state index in [9.17, 15) is 0 Å². The fourth-order valence-corrected chi connectivity index (χ4v) is 7.76. The summed E-state index contributed by atoms with van der Waals surface area (Å²) in [6.45, 7) is 2.07. The first-order valence-corrected chi connectivity index (χ1v) is 15.0. The quantitative estimate of drug-likeness (QED) is 0.147. The second-order valence-corrected chi connectivity index (χ2v) is 11.5. The molecule has 3 aromatic carbocycles. The van der Waals surface area contributed by atoms with Gasteiger partial charge < -0.3 is 0 Å². The normalized spacial score (nSPS) is 18.5. The number of para-hydroxylation sites is 1. The van der Waals surface area contributed by atoms with Gasteiger partial charge in [0.05, 0.1) is 16.7 Å². The highest BCUT2D eigenvalue weighted by Crippen LogP contribution is 2.52. The molecular weight excluding hydrogens is 595 g/mol. The van der Waals surface area contributed by atoms with Gasteiger partial charge in [-0.25, -0.2) is 4.98 Å². The zero-order valence-electron chi connectivity index (χ0n) is 20.9. The lowest BCUT2D eigenvalue weighted by molar-refractivity contribution is 0.882. The van der Waals surface area contributed by atoms with Crippen LogP contribution in [0.2, 0.25) is 0 Å². The lowest BCUT2D eigenvalue weighted by Gasteiger charge is -2.14. The molecule has 184 valence electrons. The Kier molecular flexibility index (Phi) is 6.09. The molecular formula is C34H25IN2S. The molecule has 7 rings (SSSR count). The average Bonchev–Trinajstić information content (AvgIpc) is 3.52. The molecule has 0 saturated carbocycles. The minimum absolute atomic E-state index is 0.415. The van der Waals surface area contributed by atoms with E-state index in [-0.39, 0.29) is 0 Å². The van der Waals surface area contributed by atoms with Crippen LogP contribution in [0.4, 0.5) is 0 Å². The predicted molar refractivity (Wildman–Crippen MR) is 171 cm³/mol. The third-order valence-electron chi connectivity index (χ3n) is 7.43. The molecule has 0 saturated heterocycles. The lowest BCUT2D eigenvalue weighted by atomic mass is 9.92. The van der Waals surface area contributed by atoms with Gasteiger partial charge in [-0.05, 0) is 45.9 Å². The van der Waals surface area contributed by atoms with Crippen LogP contribution in [-0.2, 0) is 0 Å². The zero-order chi connectivity index (χ0) is 25.6. The van der Waals surface area contributed by atoms with Gasteiger partial charge in [-0.3, -0.25) is 4.57 Å². The van der Waals surface area contributed by atoms with Crippen LogP contribution in [-0.4, -0.2) is 14.8 Å². The number of rotatable bonds is 4. The number of halogens is 1. The fraction of sp³-hybridized carbons (Fsp3) is 0.0882. The van der Waals surface area contributed by atoms with Gasteiger partial charge in [0.1, 0.15) is 5.82 Å². The smallest absolute Gasteiger partial charge is 0.138 e. The molecule has 0 amide bonds. The summed E-state index contributed by atoms with van der Waals surface area (Å²) in [6.07, 6.45) is 13.3. The minimum Gasteiger partial charge on any atom is -0.293 e. The highest BCUT2D eigenvalue weighted by Gasteiger charge is 2.34. The van der Waals surface area contributed by atoms with E-state index in [1.165, 1.54) is 37.8 Å². The number of hydrogen-bond acceptors (Lipinski definition) is 2. The molecule has 1 aliphatic carbocycles. The van der Waals surface area contributed by atoms with Crippen molar-refractivity contribution in [2.75, 3.05) is 0 Å². The highest BCUT2D eigenvalue weighted by molar-refractivity contribution is 14.1. The zero-order valence-corrected chi connectivity index (χ0v) is 23.9. The van der Waals surface area contributed by atoms with Crippen LogP contribution >= 0.6 is 34.4 Å². The van der Waals surface area contributed by atoms with Crippen molar-refractivity contribution in [1.29, 1.82) is 0 Å². The van der Waals surface area contributed by atoms with Crippen molar-refractivity contribution >= 4 is 61.7 Å². The van der Waals surface area contributed by atoms with Gasteiger partial charge in [-0.2, -0.15) is 0 Å². The summed E-state index contributed by atoms with van der Waals surface area (Å²) in [7, 11) is 0. The summed E-state index contributed by atoms with van der Waals surface area (Å²) < 4.78 is 4.55. The van der Waals surface area contributed by atoms with Crippen LogP contribution in [0.1, 0.15) is 24.0 Å². The maximum Gasteiger partial charge on any atom is 0.138 e. The van der Waals surface area contributed by atoms with Gasteiger partial charge >= 0.3 is 0 Å². The summed E-state index contributed by atoms with van der Waals surface area (Å²) in [5.41, 5.74) is 8.29. The Morgan fingerprint density at radius 3 is 2.58 bits per heavy atom. The van der Waals surface area contributed by atoms with Crippen molar-refractivity contribution in [3.63, 3.8) is 0 Å². The summed E-state index contributed by atoms with van der Waals surface area (Å²) in [6, 6.07) is 28.4. The Bertz CT molecular complexity index is 1820. The first-order chi connectivity index (χ1) is 18.8. The molecule has 1 aliphatic heterocycles. The molecule has 4 heteroatoms. The molecule has 2 atom stereocenters. The van der Waals surface area contributed by atoms with Gasteiger partial charge in [0.25, 0.3) is 0 Å². The maximum absolute atomic E-state index is 5.31. The van der Waals surface area contributed by atoms with Crippen molar-refractivity contribution in [3.05, 3.63) is 131 Å². The lowest BCUT2D eigenvalue weighted by Crippen LogP contribution is -2.06. The number of fused-ring (bicyclic) bond motifs is 7. The van der Waals surface area contributed by atoms with Gasteiger partial charge in [0, 0.05) is 32.4 Å². The monoisotopic (exact) mass is 620 g/mol. The summed E-state index contributed by atoms with van der Waals surface area (Å²) in [5.74, 6) is 1.36. The topological polar surface area (TPSA) is 17.8 Å². The predicted octanol–water partition coefficient (Wildman–Crippen LogP) is 9.88. The van der Waals surface area contributed by atoms with Gasteiger partial charge in [0.15, 0.2) is 0 Å². The number of hydrogen-bond donors (Lipinski definition) is 0. The van der Waals surface area contributed by atoms with Crippen molar-refractivity contribution in [2.45, 2.75) is 23.0 Å². The molecule has 0 bridgehead atoms. The van der Waals surface area contributed by atoms with E-state index < -0.39 is 0 Å². The largest absolute Gasteiger partial charge is 0.293 e. The van der Waals surface area contributed by atoms with E-state index in [2.05, 4.69) is 153 Å². The Morgan fingerprint density at radius 2 is 1.74 bits per heavy atom. The Balaban J connectivity index is 1.57. The Morgan fingerprint density at radius 1 is 0.921 bits per heavy atom. The number of pyridine rings is 1. The Hall–Kier alpha value is -3.35. The molecule has 0 N–H and O–H groups in total. The molecule has 5 aromatic rings. The molecule has 3 heterocycles. The standard InChI is InChI=1S/C34H25IN2S/c1-2-10-23(21-35)24-19-29(22-11-4-3-5-12-22)36-32(20-24)37-30-15-8-6-13-25(30)27-17-18-28-26-14-7-9-16-31(26)38-34(28)33(27)37/h2-21,26,31H,1H3/b10-2-,23-21+. The number of aromatic nitrogens is 2. The van der Waals surface area contributed by atoms with E-state index in [4.69, 9.17) is 4.98 Å². The second-order valence-electron chi connectivity index (χ2n) is 9.64. The highest BCUT2D eigenvalue weighted by atomic mass is 127. The molecule has 2 aliphatic rings. The van der Waals surface area contributed by atoms with Crippen molar-refractivity contribution in [2.24, 2.45) is 0 Å². The van der Waals surface area contributed by atoms with Crippen LogP contribution in [0, 0.1) is 0 Å². The molecule has 0 radical (unpaired) electrons. The molecule has 2 unspecified atom stereocenters. The van der Waals surface area contributed by atoms with E-state index >= 15 is 0 Å². The second kappa shape index (κ2) is 9.75. The molecule has 0 spiro atoms. The third kappa shape index (κ3) is 3.81. The van der Waals surface area contributed by atoms with Crippen LogP contribution in [0.15, 0.2) is 124 Å². The summed E-state index contributed by atoms with van der Waals surface area (Å²) in [4.78, 5) is 6.68. The van der Waals surface area contributed by atoms with E-state index in [0.717, 1.165) is 22.6 Å². The number of benzene rings is 3. The summed E-state index contributed by atoms with van der Waals surface area (Å²) in [5, 5.41) is 2.98. The molecule has 38 heavy (non-hydrogen) atoms. The van der Waals surface area contributed by atoms with E-state index in [1.807, 2.05) is 11.8 Å². The van der Waals surface area contributed by atoms with Crippen molar-refractivity contribution < 1.29 is 0 Å². The maximum atomic E-state index is 5.31. The summed E-state index contributed by atoms with van der Waals surface area (Å²) >= 11 is 4.33. The molecule has 2 nitrogen and oxygen atoms in total. The van der Waals surface area contributed by atoms with Crippen LogP contribution in [0.25, 0.3) is 44.5 Å². The first kappa shape index (κ1) is 23.7. The van der Waals surface area contributed by atoms with Crippen LogP contribution < -0.4 is 0 Å². The van der Waals surface area contributed by atoms with E-state index in [1.54, 1.807) is 0 Å². The molecule has 2 aromatic heterocycles.